The predicted octanol–water partition coefficient (Wildman–Crippen LogP) is 3.87. The summed E-state index contributed by atoms with van der Waals surface area (Å²) in [6.45, 7) is 2.00. The summed E-state index contributed by atoms with van der Waals surface area (Å²) in [5, 5.41) is 14.5. The average Bonchev–Trinajstić information content (AvgIpc) is 2.62. The van der Waals surface area contributed by atoms with Crippen molar-refractivity contribution >= 4 is 12.2 Å². The highest BCUT2D eigenvalue weighted by atomic mass is 16.5. The zero-order valence-corrected chi connectivity index (χ0v) is 14.0. The third kappa shape index (κ3) is 5.84. The van der Waals surface area contributed by atoms with Gasteiger partial charge in [-0.05, 0) is 24.5 Å². The van der Waals surface area contributed by atoms with Crippen LogP contribution in [0.25, 0.3) is 0 Å². The van der Waals surface area contributed by atoms with Gasteiger partial charge in [0.15, 0.2) is 0 Å². The van der Waals surface area contributed by atoms with Crippen LogP contribution in [0.4, 0.5) is 9.59 Å². The van der Waals surface area contributed by atoms with Gasteiger partial charge in [-0.15, -0.1) is 0 Å². The summed E-state index contributed by atoms with van der Waals surface area (Å²) in [4.78, 5) is 23.1. The van der Waals surface area contributed by atoms with Gasteiger partial charge < -0.3 is 20.5 Å². The highest BCUT2D eigenvalue weighted by Gasteiger charge is 2.23. The summed E-state index contributed by atoms with van der Waals surface area (Å²) in [7, 11) is 0. The number of rotatable bonds is 7. The standard InChI is InChI=1S/C19H22N2O4/c1-2-25-19(24)21-17(15-11-7-4-8-12-15)13-16(20-18(22)23)14-9-5-3-6-10-14/h3-12,16-17,20H,2,13H2,1H3,(H,21,24)(H,22,23). The van der Waals surface area contributed by atoms with E-state index >= 15 is 0 Å². The van der Waals surface area contributed by atoms with Crippen molar-refractivity contribution in [2.24, 2.45) is 0 Å². The fourth-order valence-corrected chi connectivity index (χ4v) is 2.63. The number of carbonyl (C=O) groups is 2. The van der Waals surface area contributed by atoms with E-state index in [2.05, 4.69) is 10.6 Å². The number of carboxylic acid groups (broad SMARTS) is 1. The molecule has 2 atom stereocenters. The topological polar surface area (TPSA) is 87.7 Å². The van der Waals surface area contributed by atoms with Crippen molar-refractivity contribution in [2.75, 3.05) is 6.61 Å². The number of ether oxygens (including phenoxy) is 1. The molecule has 0 aliphatic carbocycles. The molecule has 0 spiro atoms. The highest BCUT2D eigenvalue weighted by Crippen LogP contribution is 2.26. The van der Waals surface area contributed by atoms with E-state index in [0.29, 0.717) is 6.42 Å². The third-order valence-corrected chi connectivity index (χ3v) is 3.74. The van der Waals surface area contributed by atoms with Crippen molar-refractivity contribution in [2.45, 2.75) is 25.4 Å². The number of hydrogen-bond donors (Lipinski definition) is 3. The van der Waals surface area contributed by atoms with Crippen LogP contribution >= 0.6 is 0 Å². The Morgan fingerprint density at radius 2 is 1.40 bits per heavy atom. The summed E-state index contributed by atoms with van der Waals surface area (Å²) in [5.41, 5.74) is 1.71. The molecule has 0 aliphatic rings. The van der Waals surface area contributed by atoms with Gasteiger partial charge in [0, 0.05) is 0 Å². The quantitative estimate of drug-likeness (QED) is 0.713. The minimum absolute atomic E-state index is 0.267. The molecule has 2 rings (SSSR count). The minimum atomic E-state index is -1.11. The van der Waals surface area contributed by atoms with Gasteiger partial charge in [-0.1, -0.05) is 60.7 Å². The van der Waals surface area contributed by atoms with E-state index < -0.39 is 24.3 Å². The first-order chi connectivity index (χ1) is 12.1. The summed E-state index contributed by atoms with van der Waals surface area (Å²) < 4.78 is 4.98. The molecular formula is C19H22N2O4. The zero-order valence-electron chi connectivity index (χ0n) is 14.0. The molecule has 0 aromatic heterocycles. The molecule has 2 aromatic carbocycles. The Balaban J connectivity index is 2.24. The van der Waals surface area contributed by atoms with E-state index in [9.17, 15) is 14.7 Å². The molecule has 132 valence electrons. The average molecular weight is 342 g/mol. The van der Waals surface area contributed by atoms with Gasteiger partial charge in [-0.25, -0.2) is 9.59 Å². The molecule has 0 bridgehead atoms. The Morgan fingerprint density at radius 3 is 1.84 bits per heavy atom. The Labute approximate surface area is 146 Å². The lowest BCUT2D eigenvalue weighted by Crippen LogP contribution is -2.34. The summed E-state index contributed by atoms with van der Waals surface area (Å²) in [6.07, 6.45) is -1.28. The van der Waals surface area contributed by atoms with Gasteiger partial charge in [0.05, 0.1) is 18.7 Å². The minimum Gasteiger partial charge on any atom is -0.465 e. The number of hydrogen-bond acceptors (Lipinski definition) is 3. The van der Waals surface area contributed by atoms with E-state index in [4.69, 9.17) is 4.74 Å². The zero-order chi connectivity index (χ0) is 18.1. The maximum Gasteiger partial charge on any atom is 0.407 e. The molecule has 0 heterocycles. The van der Waals surface area contributed by atoms with Crippen LogP contribution in [0.1, 0.15) is 36.6 Å². The van der Waals surface area contributed by atoms with Gasteiger partial charge >= 0.3 is 12.2 Å². The van der Waals surface area contributed by atoms with Crippen LogP contribution in [0.3, 0.4) is 0 Å². The Kier molecular flexibility index (Phi) is 6.83. The molecule has 0 radical (unpaired) electrons. The first kappa shape index (κ1) is 18.3. The number of amides is 2. The highest BCUT2D eigenvalue weighted by molar-refractivity contribution is 5.68. The SMILES string of the molecule is CCOC(=O)NC(CC(NC(=O)O)c1ccccc1)c1ccccc1. The lowest BCUT2D eigenvalue weighted by Gasteiger charge is -2.25. The molecule has 25 heavy (non-hydrogen) atoms. The molecule has 6 heteroatoms. The van der Waals surface area contributed by atoms with Crippen molar-refractivity contribution in [3.05, 3.63) is 71.8 Å². The van der Waals surface area contributed by atoms with Gasteiger partial charge in [-0.3, -0.25) is 0 Å². The predicted molar refractivity (Wildman–Crippen MR) is 94.3 cm³/mol. The summed E-state index contributed by atoms with van der Waals surface area (Å²) in [6, 6.07) is 17.8. The van der Waals surface area contributed by atoms with E-state index in [-0.39, 0.29) is 6.61 Å². The molecule has 2 unspecified atom stereocenters. The summed E-state index contributed by atoms with van der Waals surface area (Å²) in [5.74, 6) is 0. The fourth-order valence-electron chi connectivity index (χ4n) is 2.63. The smallest absolute Gasteiger partial charge is 0.407 e. The third-order valence-electron chi connectivity index (χ3n) is 3.74. The number of nitrogens with one attached hydrogen (secondary N) is 2. The first-order valence-electron chi connectivity index (χ1n) is 8.12. The van der Waals surface area contributed by atoms with Gasteiger partial charge in [0.25, 0.3) is 0 Å². The molecule has 0 aliphatic heterocycles. The Bertz CT molecular complexity index is 676. The van der Waals surface area contributed by atoms with Gasteiger partial charge in [0.2, 0.25) is 0 Å². The van der Waals surface area contributed by atoms with E-state index in [1.807, 2.05) is 60.7 Å². The second-order valence-electron chi connectivity index (χ2n) is 5.48. The van der Waals surface area contributed by atoms with Gasteiger partial charge in [-0.2, -0.15) is 0 Å². The molecule has 0 saturated carbocycles. The maximum absolute atomic E-state index is 11.9. The van der Waals surface area contributed by atoms with Crippen molar-refractivity contribution < 1.29 is 19.4 Å². The van der Waals surface area contributed by atoms with Crippen molar-refractivity contribution in [3.63, 3.8) is 0 Å². The Morgan fingerprint density at radius 1 is 0.920 bits per heavy atom. The number of carbonyl (C=O) groups excluding carboxylic acids is 1. The van der Waals surface area contributed by atoms with Crippen LogP contribution in [-0.2, 0) is 4.74 Å². The second kappa shape index (κ2) is 9.32. The second-order valence-corrected chi connectivity index (χ2v) is 5.48. The molecule has 2 aromatic rings. The van der Waals surface area contributed by atoms with Crippen LogP contribution in [0, 0.1) is 0 Å². The van der Waals surface area contributed by atoms with Crippen LogP contribution < -0.4 is 10.6 Å². The first-order valence-corrected chi connectivity index (χ1v) is 8.12. The molecule has 0 fully saturated rings. The van der Waals surface area contributed by atoms with E-state index in [1.165, 1.54) is 0 Å². The molecule has 3 N–H and O–H groups in total. The van der Waals surface area contributed by atoms with Crippen LogP contribution in [0.15, 0.2) is 60.7 Å². The molecule has 0 saturated heterocycles. The van der Waals surface area contributed by atoms with Crippen molar-refractivity contribution in [3.8, 4) is 0 Å². The maximum atomic E-state index is 11.9. The molecular weight excluding hydrogens is 320 g/mol. The van der Waals surface area contributed by atoms with Crippen LogP contribution in [0.5, 0.6) is 0 Å². The number of benzene rings is 2. The fraction of sp³-hybridized carbons (Fsp3) is 0.263. The lowest BCUT2D eigenvalue weighted by molar-refractivity contribution is 0.146. The Hall–Kier alpha value is -3.02. The lowest BCUT2D eigenvalue weighted by atomic mass is 9.95. The van der Waals surface area contributed by atoms with Crippen molar-refractivity contribution in [1.29, 1.82) is 0 Å². The van der Waals surface area contributed by atoms with Gasteiger partial charge in [0.1, 0.15) is 0 Å². The largest absolute Gasteiger partial charge is 0.465 e. The van der Waals surface area contributed by atoms with Crippen molar-refractivity contribution in [1.82, 2.24) is 10.6 Å². The van der Waals surface area contributed by atoms with E-state index in [0.717, 1.165) is 11.1 Å². The normalized spacial score (nSPS) is 12.7. The van der Waals surface area contributed by atoms with Crippen LogP contribution in [0.2, 0.25) is 0 Å². The molecule has 2 amide bonds. The van der Waals surface area contributed by atoms with Crippen LogP contribution in [-0.4, -0.2) is 23.9 Å². The number of alkyl carbamates (subject to hydrolysis) is 1. The monoisotopic (exact) mass is 342 g/mol. The summed E-state index contributed by atoms with van der Waals surface area (Å²) >= 11 is 0. The van der Waals surface area contributed by atoms with E-state index in [1.54, 1.807) is 6.92 Å². The molecule has 6 nitrogen and oxygen atoms in total.